The maximum absolute atomic E-state index is 12.4. The number of halogens is 1. The molecule has 2 aromatic rings. The second kappa shape index (κ2) is 10.2. The molecule has 2 amide bonds. The van der Waals surface area contributed by atoms with E-state index in [1.807, 2.05) is 32.9 Å². The molecule has 160 valence electrons. The molecule has 0 aliphatic heterocycles. The summed E-state index contributed by atoms with van der Waals surface area (Å²) in [5, 5.41) is 3.27. The van der Waals surface area contributed by atoms with Crippen LogP contribution in [0, 0.1) is 20.8 Å². The van der Waals surface area contributed by atoms with Gasteiger partial charge in [-0.3, -0.25) is 9.59 Å². The Bertz CT molecular complexity index is 962. The van der Waals surface area contributed by atoms with Crippen LogP contribution in [0.15, 0.2) is 30.3 Å². The van der Waals surface area contributed by atoms with Crippen LogP contribution in [0.4, 0.5) is 5.69 Å². The molecular weight excluding hydrogens is 404 g/mol. The quantitative estimate of drug-likeness (QED) is 0.661. The molecule has 0 fully saturated rings. The van der Waals surface area contributed by atoms with E-state index in [0.29, 0.717) is 22.1 Å². The van der Waals surface area contributed by atoms with Crippen LogP contribution in [0.25, 0.3) is 6.08 Å². The zero-order valence-electron chi connectivity index (χ0n) is 18.1. The molecule has 0 saturated heterocycles. The van der Waals surface area contributed by atoms with Crippen molar-refractivity contribution in [3.05, 3.63) is 57.6 Å². The topological polar surface area (TPSA) is 67.9 Å². The Kier molecular flexibility index (Phi) is 7.89. The van der Waals surface area contributed by atoms with Crippen molar-refractivity contribution < 1.29 is 19.1 Å². The van der Waals surface area contributed by atoms with Crippen LogP contribution in [0.1, 0.15) is 22.3 Å². The molecule has 0 radical (unpaired) electrons. The number of carbonyl (C=O) groups excluding carboxylic acids is 2. The molecule has 0 spiro atoms. The van der Waals surface area contributed by atoms with E-state index in [9.17, 15) is 9.59 Å². The SMILES string of the molecule is COc1cc(/C=C/C(=O)N(C)CC(=O)Nc2c(C)cc(C)cc2C)cc(Cl)c1OC. The maximum atomic E-state index is 12.4. The molecule has 2 rings (SSSR count). The fourth-order valence-electron chi connectivity index (χ4n) is 3.18. The fourth-order valence-corrected chi connectivity index (χ4v) is 3.47. The average molecular weight is 431 g/mol. The Balaban J connectivity index is 2.04. The second-order valence-electron chi connectivity index (χ2n) is 7.09. The van der Waals surface area contributed by atoms with Gasteiger partial charge in [-0.1, -0.05) is 29.3 Å². The molecule has 0 unspecified atom stereocenters. The molecule has 1 N–H and O–H groups in total. The van der Waals surface area contributed by atoms with E-state index in [1.165, 1.54) is 25.2 Å². The monoisotopic (exact) mass is 430 g/mol. The van der Waals surface area contributed by atoms with Crippen LogP contribution in [0.2, 0.25) is 5.02 Å². The van der Waals surface area contributed by atoms with Crippen LogP contribution in [0.3, 0.4) is 0 Å². The van der Waals surface area contributed by atoms with Crippen LogP contribution in [-0.4, -0.2) is 44.5 Å². The minimum absolute atomic E-state index is 0.0668. The van der Waals surface area contributed by atoms with Gasteiger partial charge in [0, 0.05) is 18.8 Å². The number of rotatable bonds is 7. The number of nitrogens with one attached hydrogen (secondary N) is 1. The van der Waals surface area contributed by atoms with Crippen molar-refractivity contribution in [1.29, 1.82) is 0 Å². The molecule has 0 atom stereocenters. The lowest BCUT2D eigenvalue weighted by Crippen LogP contribution is -2.34. The van der Waals surface area contributed by atoms with Gasteiger partial charge in [-0.15, -0.1) is 0 Å². The van der Waals surface area contributed by atoms with E-state index < -0.39 is 0 Å². The number of aryl methyl sites for hydroxylation is 3. The van der Waals surface area contributed by atoms with Gasteiger partial charge in [-0.25, -0.2) is 0 Å². The summed E-state index contributed by atoms with van der Waals surface area (Å²) >= 11 is 6.19. The highest BCUT2D eigenvalue weighted by atomic mass is 35.5. The largest absolute Gasteiger partial charge is 0.493 e. The highest BCUT2D eigenvalue weighted by Gasteiger charge is 2.14. The summed E-state index contributed by atoms with van der Waals surface area (Å²) < 4.78 is 10.5. The van der Waals surface area contributed by atoms with Crippen LogP contribution < -0.4 is 14.8 Å². The van der Waals surface area contributed by atoms with Crippen LogP contribution in [-0.2, 0) is 9.59 Å². The smallest absolute Gasteiger partial charge is 0.246 e. The maximum Gasteiger partial charge on any atom is 0.246 e. The molecule has 0 saturated carbocycles. The number of anilines is 1. The number of nitrogens with zero attached hydrogens (tertiary/aromatic N) is 1. The summed E-state index contributed by atoms with van der Waals surface area (Å²) in [4.78, 5) is 26.2. The third-order valence-electron chi connectivity index (χ3n) is 4.57. The van der Waals surface area contributed by atoms with Gasteiger partial charge in [0.25, 0.3) is 0 Å². The molecular formula is C23H27ClN2O4. The van der Waals surface area contributed by atoms with Gasteiger partial charge >= 0.3 is 0 Å². The third-order valence-corrected chi connectivity index (χ3v) is 4.85. The molecule has 0 bridgehead atoms. The summed E-state index contributed by atoms with van der Waals surface area (Å²) in [6.45, 7) is 5.83. The molecule has 0 aliphatic rings. The molecule has 30 heavy (non-hydrogen) atoms. The lowest BCUT2D eigenvalue weighted by molar-refractivity contribution is -0.129. The zero-order valence-corrected chi connectivity index (χ0v) is 18.9. The number of methoxy groups -OCH3 is 2. The molecule has 2 aromatic carbocycles. The van der Waals surface area contributed by atoms with E-state index in [1.54, 1.807) is 25.3 Å². The van der Waals surface area contributed by atoms with Crippen LogP contribution >= 0.6 is 11.6 Å². The van der Waals surface area contributed by atoms with Gasteiger partial charge in [0.2, 0.25) is 11.8 Å². The van der Waals surface area contributed by atoms with Gasteiger partial charge in [-0.05, 0) is 55.7 Å². The highest BCUT2D eigenvalue weighted by Crippen LogP contribution is 2.36. The van der Waals surface area contributed by atoms with E-state index in [4.69, 9.17) is 21.1 Å². The summed E-state index contributed by atoms with van der Waals surface area (Å²) in [6.07, 6.45) is 2.99. The average Bonchev–Trinajstić information content (AvgIpc) is 2.68. The number of benzene rings is 2. The van der Waals surface area contributed by atoms with Crippen molar-refractivity contribution in [3.8, 4) is 11.5 Å². The second-order valence-corrected chi connectivity index (χ2v) is 7.49. The minimum atomic E-state index is -0.312. The number of carbonyl (C=O) groups is 2. The lowest BCUT2D eigenvalue weighted by Gasteiger charge is -2.17. The van der Waals surface area contributed by atoms with Crippen LogP contribution in [0.5, 0.6) is 11.5 Å². The van der Waals surface area contributed by atoms with E-state index in [0.717, 1.165) is 22.4 Å². The van der Waals surface area contributed by atoms with Crippen molar-refractivity contribution in [2.45, 2.75) is 20.8 Å². The number of amides is 2. The first-order chi connectivity index (χ1) is 14.2. The summed E-state index contributed by atoms with van der Waals surface area (Å²) in [7, 11) is 4.59. The van der Waals surface area contributed by atoms with Gasteiger partial charge < -0.3 is 19.7 Å². The summed E-state index contributed by atoms with van der Waals surface area (Å²) in [6, 6.07) is 7.40. The van der Waals surface area contributed by atoms with E-state index in [2.05, 4.69) is 5.32 Å². The van der Waals surface area contributed by atoms with E-state index >= 15 is 0 Å². The van der Waals surface area contributed by atoms with E-state index in [-0.39, 0.29) is 18.4 Å². The number of ether oxygens (including phenoxy) is 2. The Morgan fingerprint density at radius 2 is 1.70 bits per heavy atom. The molecule has 0 heterocycles. The predicted octanol–water partition coefficient (Wildman–Crippen LogP) is 4.39. The number of hydrogen-bond acceptors (Lipinski definition) is 4. The molecule has 6 nitrogen and oxygen atoms in total. The highest BCUT2D eigenvalue weighted by molar-refractivity contribution is 6.32. The number of likely N-dealkylation sites (N-methyl/N-ethyl adjacent to an activating group) is 1. The van der Waals surface area contributed by atoms with Crippen molar-refractivity contribution in [2.75, 3.05) is 33.1 Å². The Labute approximate surface area is 182 Å². The predicted molar refractivity (Wildman–Crippen MR) is 121 cm³/mol. The molecule has 0 aromatic heterocycles. The first-order valence-electron chi connectivity index (χ1n) is 9.38. The number of hydrogen-bond donors (Lipinski definition) is 1. The lowest BCUT2D eigenvalue weighted by atomic mass is 10.1. The van der Waals surface area contributed by atoms with Crippen molar-refractivity contribution >= 4 is 35.2 Å². The standard InChI is InChI=1S/C23H27ClN2O4/c1-14-9-15(2)22(16(3)10-14)25-20(27)13-26(4)21(28)8-7-17-11-18(24)23(30-6)19(12-17)29-5/h7-12H,13H2,1-6H3,(H,25,27)/b8-7+. The van der Waals surface area contributed by atoms with Crippen molar-refractivity contribution in [1.82, 2.24) is 4.90 Å². The Morgan fingerprint density at radius 1 is 1.07 bits per heavy atom. The Hall–Kier alpha value is -2.99. The summed E-state index contributed by atoms with van der Waals surface area (Å²) in [5.74, 6) is 0.323. The third kappa shape index (κ3) is 5.76. The van der Waals surface area contributed by atoms with Gasteiger partial charge in [0.15, 0.2) is 11.5 Å². The first kappa shape index (κ1) is 23.3. The van der Waals surface area contributed by atoms with Gasteiger partial charge in [0.1, 0.15) is 0 Å². The van der Waals surface area contributed by atoms with Crippen molar-refractivity contribution in [3.63, 3.8) is 0 Å². The zero-order chi connectivity index (χ0) is 22.4. The molecule has 0 aliphatic carbocycles. The van der Waals surface area contributed by atoms with Gasteiger partial charge in [0.05, 0.1) is 25.8 Å². The molecule has 7 heteroatoms. The Morgan fingerprint density at radius 3 is 2.27 bits per heavy atom. The summed E-state index contributed by atoms with van der Waals surface area (Å²) in [5.41, 5.74) is 4.56. The fraction of sp³-hybridized carbons (Fsp3) is 0.304. The minimum Gasteiger partial charge on any atom is -0.493 e. The first-order valence-corrected chi connectivity index (χ1v) is 9.76. The van der Waals surface area contributed by atoms with Gasteiger partial charge in [-0.2, -0.15) is 0 Å². The normalized spacial score (nSPS) is 10.8. The van der Waals surface area contributed by atoms with Crippen molar-refractivity contribution in [2.24, 2.45) is 0 Å².